The summed E-state index contributed by atoms with van der Waals surface area (Å²) in [4.78, 5) is 15.2. The summed E-state index contributed by atoms with van der Waals surface area (Å²) < 4.78 is 32.8. The molecule has 1 fully saturated rings. The number of rotatable bonds is 8. The molecule has 0 spiro atoms. The number of hydrogen-bond donors (Lipinski definition) is 0. The molecule has 0 bridgehead atoms. The SMILES string of the molecule is CCN(CC)c1ccccc1COC(=O)C1CCCN1S(=O)(=O)c1ccccc1. The van der Waals surface area contributed by atoms with Gasteiger partial charge in [-0.05, 0) is 44.9 Å². The third-order valence-electron chi connectivity index (χ3n) is 5.29. The lowest BCUT2D eigenvalue weighted by atomic mass is 10.1. The molecule has 0 amide bonds. The average molecular weight is 417 g/mol. The molecule has 6 nitrogen and oxygen atoms in total. The predicted molar refractivity (Wildman–Crippen MR) is 113 cm³/mol. The van der Waals surface area contributed by atoms with E-state index in [-0.39, 0.29) is 11.5 Å². The van der Waals surface area contributed by atoms with Crippen LogP contribution in [-0.4, -0.2) is 44.4 Å². The molecule has 1 atom stereocenters. The second-order valence-electron chi connectivity index (χ2n) is 7.00. The first-order chi connectivity index (χ1) is 14.0. The summed E-state index contributed by atoms with van der Waals surface area (Å²) in [5.74, 6) is -0.489. The molecule has 29 heavy (non-hydrogen) atoms. The monoisotopic (exact) mass is 416 g/mol. The van der Waals surface area contributed by atoms with E-state index < -0.39 is 22.0 Å². The first-order valence-electron chi connectivity index (χ1n) is 10.1. The van der Waals surface area contributed by atoms with Gasteiger partial charge in [0.1, 0.15) is 12.6 Å². The van der Waals surface area contributed by atoms with E-state index >= 15 is 0 Å². The van der Waals surface area contributed by atoms with Gasteiger partial charge in [-0.25, -0.2) is 8.42 Å². The number of hydrogen-bond acceptors (Lipinski definition) is 5. The fraction of sp³-hybridized carbons (Fsp3) is 0.409. The third kappa shape index (κ3) is 4.62. The lowest BCUT2D eigenvalue weighted by Gasteiger charge is -2.25. The Morgan fingerprint density at radius 1 is 1.07 bits per heavy atom. The number of para-hydroxylation sites is 1. The molecule has 0 aliphatic carbocycles. The maximum atomic E-state index is 13.0. The van der Waals surface area contributed by atoms with E-state index in [1.54, 1.807) is 30.3 Å². The summed E-state index contributed by atoms with van der Waals surface area (Å²) in [5.41, 5.74) is 1.95. The predicted octanol–water partition coefficient (Wildman–Crippen LogP) is 3.43. The highest BCUT2D eigenvalue weighted by molar-refractivity contribution is 7.89. The highest BCUT2D eigenvalue weighted by Crippen LogP contribution is 2.28. The molecule has 7 heteroatoms. The summed E-state index contributed by atoms with van der Waals surface area (Å²) in [6.45, 7) is 6.32. The minimum atomic E-state index is -3.72. The van der Waals surface area contributed by atoms with Gasteiger partial charge in [0.05, 0.1) is 4.90 Å². The summed E-state index contributed by atoms with van der Waals surface area (Å²) in [6, 6.07) is 15.3. The van der Waals surface area contributed by atoms with E-state index in [0.717, 1.165) is 24.3 Å². The van der Waals surface area contributed by atoms with E-state index in [1.807, 2.05) is 24.3 Å². The zero-order chi connectivity index (χ0) is 20.9. The van der Waals surface area contributed by atoms with Crippen molar-refractivity contribution in [1.29, 1.82) is 0 Å². The van der Waals surface area contributed by atoms with Crippen molar-refractivity contribution in [3.05, 3.63) is 60.2 Å². The third-order valence-corrected chi connectivity index (χ3v) is 7.21. The Morgan fingerprint density at radius 3 is 2.41 bits per heavy atom. The van der Waals surface area contributed by atoms with Gasteiger partial charge in [0, 0.05) is 30.9 Å². The van der Waals surface area contributed by atoms with Gasteiger partial charge >= 0.3 is 5.97 Å². The molecule has 0 saturated carbocycles. The van der Waals surface area contributed by atoms with Crippen molar-refractivity contribution in [1.82, 2.24) is 4.31 Å². The van der Waals surface area contributed by atoms with E-state index in [2.05, 4.69) is 18.7 Å². The van der Waals surface area contributed by atoms with Crippen LogP contribution in [0.1, 0.15) is 32.3 Å². The van der Waals surface area contributed by atoms with E-state index in [4.69, 9.17) is 4.74 Å². The first-order valence-corrected chi connectivity index (χ1v) is 11.5. The lowest BCUT2D eigenvalue weighted by Crippen LogP contribution is -2.41. The van der Waals surface area contributed by atoms with Crippen LogP contribution in [0.3, 0.4) is 0 Å². The fourth-order valence-corrected chi connectivity index (χ4v) is 5.41. The van der Waals surface area contributed by atoms with Gasteiger partial charge < -0.3 is 9.64 Å². The molecule has 2 aromatic carbocycles. The molecule has 1 saturated heterocycles. The van der Waals surface area contributed by atoms with Gasteiger partial charge in [-0.3, -0.25) is 4.79 Å². The molecule has 1 unspecified atom stereocenters. The van der Waals surface area contributed by atoms with Crippen molar-refractivity contribution in [3.63, 3.8) is 0 Å². The number of nitrogens with zero attached hydrogens (tertiary/aromatic N) is 2. The zero-order valence-electron chi connectivity index (χ0n) is 17.0. The topological polar surface area (TPSA) is 66.9 Å². The maximum absolute atomic E-state index is 13.0. The molecular weight excluding hydrogens is 388 g/mol. The zero-order valence-corrected chi connectivity index (χ0v) is 17.8. The van der Waals surface area contributed by atoms with Crippen LogP contribution in [0.2, 0.25) is 0 Å². The molecule has 3 rings (SSSR count). The number of carbonyl (C=O) groups is 1. The highest BCUT2D eigenvalue weighted by atomic mass is 32.2. The number of carbonyl (C=O) groups excluding carboxylic acids is 1. The van der Waals surface area contributed by atoms with Crippen LogP contribution in [0, 0.1) is 0 Å². The van der Waals surface area contributed by atoms with Gasteiger partial charge in [-0.2, -0.15) is 4.31 Å². The van der Waals surface area contributed by atoms with E-state index in [0.29, 0.717) is 19.4 Å². The Bertz CT molecular complexity index is 927. The van der Waals surface area contributed by atoms with Crippen molar-refractivity contribution < 1.29 is 17.9 Å². The van der Waals surface area contributed by atoms with Crippen LogP contribution >= 0.6 is 0 Å². The second kappa shape index (κ2) is 9.41. The van der Waals surface area contributed by atoms with Gasteiger partial charge in [0.2, 0.25) is 10.0 Å². The Balaban J connectivity index is 1.73. The average Bonchev–Trinajstić information content (AvgIpc) is 3.25. The largest absolute Gasteiger partial charge is 0.460 e. The van der Waals surface area contributed by atoms with Crippen molar-refractivity contribution in [2.24, 2.45) is 0 Å². The lowest BCUT2D eigenvalue weighted by molar-refractivity contribution is -0.148. The molecule has 0 N–H and O–H groups in total. The quantitative estimate of drug-likeness (QED) is 0.617. The molecular formula is C22H28N2O4S. The van der Waals surface area contributed by atoms with Crippen LogP contribution in [-0.2, 0) is 26.2 Å². The minimum Gasteiger partial charge on any atom is -0.460 e. The number of sulfonamides is 1. The van der Waals surface area contributed by atoms with E-state index in [1.165, 1.54) is 4.31 Å². The van der Waals surface area contributed by atoms with Crippen LogP contribution < -0.4 is 4.90 Å². The van der Waals surface area contributed by atoms with Crippen molar-refractivity contribution >= 4 is 21.7 Å². The second-order valence-corrected chi connectivity index (χ2v) is 8.89. The van der Waals surface area contributed by atoms with Crippen molar-refractivity contribution in [2.75, 3.05) is 24.5 Å². The number of benzene rings is 2. The van der Waals surface area contributed by atoms with Gasteiger partial charge in [-0.1, -0.05) is 36.4 Å². The Hall–Kier alpha value is -2.38. The summed E-state index contributed by atoms with van der Waals surface area (Å²) in [7, 11) is -3.72. The first kappa shape index (κ1) is 21.3. The fourth-order valence-electron chi connectivity index (χ4n) is 3.74. The van der Waals surface area contributed by atoms with E-state index in [9.17, 15) is 13.2 Å². The van der Waals surface area contributed by atoms with Gasteiger partial charge in [0.15, 0.2) is 0 Å². The van der Waals surface area contributed by atoms with Crippen LogP contribution in [0.25, 0.3) is 0 Å². The minimum absolute atomic E-state index is 0.126. The van der Waals surface area contributed by atoms with Gasteiger partial charge in [-0.15, -0.1) is 0 Å². The summed E-state index contributed by atoms with van der Waals surface area (Å²) in [5, 5.41) is 0. The Kier molecular flexibility index (Phi) is 6.92. The summed E-state index contributed by atoms with van der Waals surface area (Å²) in [6.07, 6.45) is 1.12. The normalized spacial score (nSPS) is 17.2. The maximum Gasteiger partial charge on any atom is 0.324 e. The molecule has 1 aliphatic heterocycles. The summed E-state index contributed by atoms with van der Waals surface area (Å²) >= 11 is 0. The van der Waals surface area contributed by atoms with Crippen molar-refractivity contribution in [3.8, 4) is 0 Å². The number of anilines is 1. The van der Waals surface area contributed by atoms with Crippen LogP contribution in [0.15, 0.2) is 59.5 Å². The molecule has 0 radical (unpaired) electrons. The van der Waals surface area contributed by atoms with Crippen LogP contribution in [0.5, 0.6) is 0 Å². The molecule has 2 aromatic rings. The number of esters is 1. The van der Waals surface area contributed by atoms with Crippen molar-refractivity contribution in [2.45, 2.75) is 44.2 Å². The Labute approximate surface area is 173 Å². The van der Waals surface area contributed by atoms with Gasteiger partial charge in [0.25, 0.3) is 0 Å². The molecule has 1 aliphatic rings. The molecule has 1 heterocycles. The number of ether oxygens (including phenoxy) is 1. The molecule has 156 valence electrons. The van der Waals surface area contributed by atoms with Crippen LogP contribution in [0.4, 0.5) is 5.69 Å². The Morgan fingerprint density at radius 2 is 1.72 bits per heavy atom. The molecule has 0 aromatic heterocycles. The highest BCUT2D eigenvalue weighted by Gasteiger charge is 2.40. The standard InChI is InChI=1S/C22H28N2O4S/c1-3-23(4-2)20-14-9-8-11-18(20)17-28-22(25)21-15-10-16-24(21)29(26,27)19-12-6-5-7-13-19/h5-9,11-14,21H,3-4,10,15-17H2,1-2H3. The smallest absolute Gasteiger partial charge is 0.324 e.